The highest BCUT2D eigenvalue weighted by atomic mass is 32.1. The van der Waals surface area contributed by atoms with Crippen LogP contribution in [0.5, 0.6) is 0 Å². The first-order valence-electron chi connectivity index (χ1n) is 10.5. The van der Waals surface area contributed by atoms with Crippen molar-refractivity contribution in [3.8, 4) is 10.8 Å². The van der Waals surface area contributed by atoms with Gasteiger partial charge in [-0.15, -0.1) is 10.2 Å². The number of halogens is 1. The third-order valence-electron chi connectivity index (χ3n) is 5.81. The molecule has 166 valence electrons. The summed E-state index contributed by atoms with van der Waals surface area (Å²) in [5.74, 6) is 1.64. The summed E-state index contributed by atoms with van der Waals surface area (Å²) in [4.78, 5) is 33.6. The number of hydrogen-bond donors (Lipinski definition) is 0. The smallest absolute Gasteiger partial charge is 0.254 e. The number of aromatic nitrogens is 5. The summed E-state index contributed by atoms with van der Waals surface area (Å²) in [5, 5.41) is 9.41. The van der Waals surface area contributed by atoms with Crippen LogP contribution in [0.3, 0.4) is 0 Å². The molecule has 0 N–H and O–H groups in total. The number of hydrogen-bond acceptors (Lipinski definition) is 7. The molecule has 5 rings (SSSR count). The molecule has 0 radical (unpaired) electrons. The van der Waals surface area contributed by atoms with Crippen molar-refractivity contribution in [1.82, 2.24) is 33.9 Å². The Morgan fingerprint density at radius 2 is 1.91 bits per heavy atom. The Hall–Kier alpha value is -3.21. The topological polar surface area (TPSA) is 97.1 Å². The van der Waals surface area contributed by atoms with Gasteiger partial charge in [0.15, 0.2) is 16.7 Å². The number of nitrogens with zero attached hydrogens (tertiary/aromatic N) is 7. The summed E-state index contributed by atoms with van der Waals surface area (Å²) in [7, 11) is 3.35. The van der Waals surface area contributed by atoms with E-state index in [1.54, 1.807) is 19.0 Å². The molecule has 1 saturated carbocycles. The van der Waals surface area contributed by atoms with Gasteiger partial charge in [0.25, 0.3) is 5.91 Å². The SMILES string of the molecule is CN(C)C(=O)CC1c2nnc(-c3nc(C4CC4)ns3)n2CCN1C(=O)c1ccc(F)cc1. The van der Waals surface area contributed by atoms with Crippen molar-refractivity contribution in [3.05, 3.63) is 47.3 Å². The van der Waals surface area contributed by atoms with Crippen molar-refractivity contribution >= 4 is 23.3 Å². The molecule has 1 unspecified atom stereocenters. The van der Waals surface area contributed by atoms with Gasteiger partial charge in [0, 0.05) is 38.7 Å². The average Bonchev–Trinajstić information content (AvgIpc) is 3.35. The van der Waals surface area contributed by atoms with Crippen LogP contribution in [0.1, 0.15) is 53.2 Å². The van der Waals surface area contributed by atoms with E-state index >= 15 is 0 Å². The predicted octanol–water partition coefficient (Wildman–Crippen LogP) is 2.49. The van der Waals surface area contributed by atoms with Crippen LogP contribution in [0.15, 0.2) is 24.3 Å². The first-order chi connectivity index (χ1) is 15.4. The Balaban J connectivity index is 1.49. The molecule has 1 aliphatic carbocycles. The Bertz CT molecular complexity index is 1170. The van der Waals surface area contributed by atoms with Crippen LogP contribution in [-0.2, 0) is 11.3 Å². The van der Waals surface area contributed by atoms with Gasteiger partial charge in [0.05, 0.1) is 6.42 Å². The standard InChI is InChI=1S/C21H22FN7O2S/c1-27(2)16(30)11-15-18-24-25-19(20-23-17(26-32-20)12-3-4-12)29(18)10-9-28(15)21(31)13-5-7-14(22)8-6-13/h5-8,12,15H,3-4,9-11H2,1-2H3. The molecular weight excluding hydrogens is 433 g/mol. The monoisotopic (exact) mass is 455 g/mol. The molecule has 1 atom stereocenters. The minimum absolute atomic E-state index is 0.0709. The zero-order chi connectivity index (χ0) is 22.4. The van der Waals surface area contributed by atoms with E-state index in [-0.39, 0.29) is 18.2 Å². The molecule has 2 amide bonds. The van der Waals surface area contributed by atoms with E-state index in [1.807, 2.05) is 4.57 Å². The van der Waals surface area contributed by atoms with Gasteiger partial charge in [-0.3, -0.25) is 9.59 Å². The van der Waals surface area contributed by atoms with Crippen molar-refractivity contribution in [1.29, 1.82) is 0 Å². The normalized spacial score (nSPS) is 17.8. The molecule has 1 fully saturated rings. The van der Waals surface area contributed by atoms with Crippen LogP contribution in [0.25, 0.3) is 10.8 Å². The maximum Gasteiger partial charge on any atom is 0.254 e. The molecule has 2 aromatic heterocycles. The van der Waals surface area contributed by atoms with E-state index in [0.717, 1.165) is 18.7 Å². The zero-order valence-electron chi connectivity index (χ0n) is 17.7. The second kappa shape index (κ2) is 8.05. The molecule has 1 aliphatic heterocycles. The molecule has 11 heteroatoms. The second-order valence-corrected chi connectivity index (χ2v) is 9.03. The second-order valence-electron chi connectivity index (χ2n) is 8.28. The molecule has 0 spiro atoms. The Morgan fingerprint density at radius 3 is 2.59 bits per heavy atom. The van der Waals surface area contributed by atoms with Gasteiger partial charge in [0.1, 0.15) is 17.7 Å². The van der Waals surface area contributed by atoms with Crippen LogP contribution in [0.2, 0.25) is 0 Å². The van der Waals surface area contributed by atoms with Gasteiger partial charge in [-0.2, -0.15) is 4.37 Å². The lowest BCUT2D eigenvalue weighted by Gasteiger charge is -2.36. The molecule has 3 heterocycles. The van der Waals surface area contributed by atoms with Gasteiger partial charge in [-0.25, -0.2) is 9.37 Å². The van der Waals surface area contributed by atoms with Crippen LogP contribution in [-0.4, -0.2) is 66.4 Å². The Labute approximate surface area is 188 Å². The Morgan fingerprint density at radius 1 is 1.16 bits per heavy atom. The maximum atomic E-state index is 13.3. The first-order valence-corrected chi connectivity index (χ1v) is 11.2. The highest BCUT2D eigenvalue weighted by Gasteiger charge is 2.37. The fraction of sp³-hybridized carbons (Fsp3) is 0.429. The fourth-order valence-electron chi connectivity index (χ4n) is 3.83. The first kappa shape index (κ1) is 20.7. The third kappa shape index (κ3) is 3.77. The van der Waals surface area contributed by atoms with Gasteiger partial charge in [-0.1, -0.05) is 0 Å². The summed E-state index contributed by atoms with van der Waals surface area (Å²) in [6.07, 6.45) is 2.30. The molecular formula is C21H22FN7O2S. The van der Waals surface area contributed by atoms with E-state index in [1.165, 1.54) is 40.7 Å². The van der Waals surface area contributed by atoms with Crippen molar-refractivity contribution in [2.75, 3.05) is 20.6 Å². The van der Waals surface area contributed by atoms with E-state index in [9.17, 15) is 14.0 Å². The number of rotatable bonds is 5. The van der Waals surface area contributed by atoms with Gasteiger partial charge < -0.3 is 14.4 Å². The average molecular weight is 456 g/mol. The molecule has 9 nitrogen and oxygen atoms in total. The van der Waals surface area contributed by atoms with E-state index in [2.05, 4.69) is 19.6 Å². The predicted molar refractivity (Wildman–Crippen MR) is 114 cm³/mol. The maximum absolute atomic E-state index is 13.3. The van der Waals surface area contributed by atoms with Crippen molar-refractivity contribution in [2.45, 2.75) is 37.8 Å². The van der Waals surface area contributed by atoms with E-state index in [0.29, 0.717) is 41.2 Å². The van der Waals surface area contributed by atoms with Gasteiger partial charge >= 0.3 is 0 Å². The lowest BCUT2D eigenvalue weighted by Crippen LogP contribution is -2.44. The number of carbonyl (C=O) groups is 2. The summed E-state index contributed by atoms with van der Waals surface area (Å²) < 4.78 is 19.7. The number of fused-ring (bicyclic) bond motifs is 1. The molecule has 0 saturated heterocycles. The minimum Gasteiger partial charge on any atom is -0.349 e. The van der Waals surface area contributed by atoms with Crippen LogP contribution in [0.4, 0.5) is 4.39 Å². The lowest BCUT2D eigenvalue weighted by molar-refractivity contribution is -0.130. The van der Waals surface area contributed by atoms with Gasteiger partial charge in [0.2, 0.25) is 5.91 Å². The van der Waals surface area contributed by atoms with Crippen LogP contribution < -0.4 is 0 Å². The van der Waals surface area contributed by atoms with E-state index < -0.39 is 11.9 Å². The van der Waals surface area contributed by atoms with Crippen molar-refractivity contribution in [3.63, 3.8) is 0 Å². The molecule has 3 aromatic rings. The fourth-order valence-corrected chi connectivity index (χ4v) is 4.56. The highest BCUT2D eigenvalue weighted by molar-refractivity contribution is 7.09. The minimum atomic E-state index is -0.590. The van der Waals surface area contributed by atoms with Crippen molar-refractivity contribution in [2.24, 2.45) is 0 Å². The third-order valence-corrected chi connectivity index (χ3v) is 6.54. The zero-order valence-corrected chi connectivity index (χ0v) is 18.5. The molecule has 32 heavy (non-hydrogen) atoms. The quantitative estimate of drug-likeness (QED) is 0.586. The summed E-state index contributed by atoms with van der Waals surface area (Å²) >= 11 is 1.30. The molecule has 1 aromatic carbocycles. The number of benzene rings is 1. The summed E-state index contributed by atoms with van der Waals surface area (Å²) in [6, 6.07) is 4.82. The van der Waals surface area contributed by atoms with Crippen LogP contribution in [0, 0.1) is 5.82 Å². The lowest BCUT2D eigenvalue weighted by atomic mass is 10.1. The summed E-state index contributed by atoms with van der Waals surface area (Å²) in [5.41, 5.74) is 0.361. The van der Waals surface area contributed by atoms with E-state index in [4.69, 9.17) is 0 Å². The summed E-state index contributed by atoms with van der Waals surface area (Å²) in [6.45, 7) is 0.837. The largest absolute Gasteiger partial charge is 0.349 e. The van der Waals surface area contributed by atoms with Crippen LogP contribution >= 0.6 is 11.5 Å². The van der Waals surface area contributed by atoms with Crippen molar-refractivity contribution < 1.29 is 14.0 Å². The number of carbonyl (C=O) groups excluding carboxylic acids is 2. The number of amides is 2. The highest BCUT2D eigenvalue weighted by Crippen LogP contribution is 2.40. The molecule has 0 bridgehead atoms. The van der Waals surface area contributed by atoms with Gasteiger partial charge in [-0.05, 0) is 48.6 Å². The molecule has 2 aliphatic rings. The Kier molecular flexibility index (Phi) is 5.20.